The van der Waals surface area contributed by atoms with Gasteiger partial charge in [0, 0.05) is 35.0 Å². The Morgan fingerprint density at radius 2 is 2.10 bits per heavy atom. The average Bonchev–Trinajstić information content (AvgIpc) is 3.36. The van der Waals surface area contributed by atoms with E-state index in [0.717, 1.165) is 21.2 Å². The predicted molar refractivity (Wildman–Crippen MR) is 116 cm³/mol. The molecule has 3 N–H and O–H groups in total. The van der Waals surface area contributed by atoms with E-state index in [-0.39, 0.29) is 23.9 Å². The first-order valence-electron chi connectivity index (χ1n) is 9.49. The number of hydrogen-bond acceptors (Lipinski definition) is 6. The molecule has 8 nitrogen and oxygen atoms in total. The van der Waals surface area contributed by atoms with Crippen LogP contribution in [0.25, 0.3) is 11.1 Å². The van der Waals surface area contributed by atoms with Gasteiger partial charge in [-0.15, -0.1) is 0 Å². The molecule has 0 spiro atoms. The molecule has 3 aromatic rings. The Morgan fingerprint density at radius 1 is 1.30 bits per heavy atom. The standard InChI is InChI=1S/C21H22BrN5O3/c1-27-9-15(8-25-27)14-6-17(20(23)24-7-14)21(28)26-18-11-29-12-19(18)30-10-13-2-4-16(22)5-3-13/h2-9,18-19H,10-12H2,1H3,(H2,23,24)(H,26,28)/t18-,19-/m0/s1. The van der Waals surface area contributed by atoms with Gasteiger partial charge in [-0.1, -0.05) is 28.1 Å². The molecule has 0 bridgehead atoms. The molecular formula is C21H22BrN5O3. The number of carbonyl (C=O) groups excluding carboxylic acids is 1. The molecule has 1 aliphatic rings. The minimum absolute atomic E-state index is 0.173. The summed E-state index contributed by atoms with van der Waals surface area (Å²) in [5.74, 6) is -0.134. The molecule has 3 heterocycles. The Hall–Kier alpha value is -2.75. The summed E-state index contributed by atoms with van der Waals surface area (Å²) in [7, 11) is 1.83. The third-order valence-electron chi connectivity index (χ3n) is 4.92. The summed E-state index contributed by atoms with van der Waals surface area (Å²) in [5, 5.41) is 7.13. The van der Waals surface area contributed by atoms with Gasteiger partial charge in [0.25, 0.3) is 5.91 Å². The Balaban J connectivity index is 1.43. The topological polar surface area (TPSA) is 104 Å². The lowest BCUT2D eigenvalue weighted by Crippen LogP contribution is -2.44. The second-order valence-corrected chi connectivity index (χ2v) is 8.07. The maximum absolute atomic E-state index is 12.9. The van der Waals surface area contributed by atoms with Crippen molar-refractivity contribution < 1.29 is 14.3 Å². The number of anilines is 1. The van der Waals surface area contributed by atoms with Crippen molar-refractivity contribution >= 4 is 27.7 Å². The van der Waals surface area contributed by atoms with E-state index >= 15 is 0 Å². The summed E-state index contributed by atoms with van der Waals surface area (Å²) in [6.45, 7) is 1.24. The maximum Gasteiger partial charge on any atom is 0.255 e. The van der Waals surface area contributed by atoms with Gasteiger partial charge in [-0.2, -0.15) is 5.10 Å². The average molecular weight is 472 g/mol. The molecule has 4 rings (SSSR count). The van der Waals surface area contributed by atoms with E-state index in [0.29, 0.717) is 25.4 Å². The Labute approximate surface area is 182 Å². The van der Waals surface area contributed by atoms with Gasteiger partial charge in [-0.05, 0) is 23.8 Å². The number of amides is 1. The van der Waals surface area contributed by atoms with E-state index in [2.05, 4.69) is 31.3 Å². The molecular weight excluding hydrogens is 450 g/mol. The number of nitrogens with one attached hydrogen (secondary N) is 1. The minimum Gasteiger partial charge on any atom is -0.383 e. The second-order valence-electron chi connectivity index (χ2n) is 7.15. The van der Waals surface area contributed by atoms with Crippen LogP contribution in [0.1, 0.15) is 15.9 Å². The number of halogens is 1. The molecule has 0 saturated carbocycles. The molecule has 0 unspecified atom stereocenters. The summed E-state index contributed by atoms with van der Waals surface area (Å²) < 4.78 is 14.2. The van der Waals surface area contributed by atoms with Crippen LogP contribution in [-0.4, -0.2) is 46.0 Å². The number of ether oxygens (including phenoxy) is 2. The number of hydrogen-bond donors (Lipinski definition) is 2. The number of pyridine rings is 1. The van der Waals surface area contributed by atoms with Gasteiger partial charge in [0.1, 0.15) is 11.9 Å². The van der Waals surface area contributed by atoms with Crippen molar-refractivity contribution in [1.82, 2.24) is 20.1 Å². The van der Waals surface area contributed by atoms with Crippen molar-refractivity contribution in [2.24, 2.45) is 7.05 Å². The summed E-state index contributed by atoms with van der Waals surface area (Å²) in [6, 6.07) is 9.37. The SMILES string of the molecule is Cn1cc(-c2cnc(N)c(C(=O)N[C@H]3COC[C@@H]3OCc3ccc(Br)cc3)c2)cn1. The van der Waals surface area contributed by atoms with Gasteiger partial charge >= 0.3 is 0 Å². The van der Waals surface area contributed by atoms with Gasteiger partial charge in [0.05, 0.1) is 37.6 Å². The van der Waals surface area contributed by atoms with E-state index < -0.39 is 0 Å². The minimum atomic E-state index is -0.307. The van der Waals surface area contributed by atoms with E-state index in [1.165, 1.54) is 0 Å². The molecule has 2 aromatic heterocycles. The van der Waals surface area contributed by atoms with Gasteiger partial charge in [-0.25, -0.2) is 4.98 Å². The zero-order chi connectivity index (χ0) is 21.1. The molecule has 1 saturated heterocycles. The summed E-state index contributed by atoms with van der Waals surface area (Å²) in [5.41, 5.74) is 8.97. The van der Waals surface area contributed by atoms with E-state index in [1.807, 2.05) is 37.5 Å². The quantitative estimate of drug-likeness (QED) is 0.572. The molecule has 1 fully saturated rings. The second kappa shape index (κ2) is 8.95. The fourth-order valence-corrected chi connectivity index (χ4v) is 3.51. The first kappa shape index (κ1) is 20.5. The molecule has 2 atom stereocenters. The molecule has 1 aliphatic heterocycles. The molecule has 1 amide bonds. The molecule has 9 heteroatoms. The highest BCUT2D eigenvalue weighted by Crippen LogP contribution is 2.22. The molecule has 0 radical (unpaired) electrons. The smallest absolute Gasteiger partial charge is 0.255 e. The zero-order valence-electron chi connectivity index (χ0n) is 16.4. The normalized spacial score (nSPS) is 18.5. The summed E-state index contributed by atoms with van der Waals surface area (Å²) >= 11 is 3.42. The van der Waals surface area contributed by atoms with Crippen molar-refractivity contribution in [3.63, 3.8) is 0 Å². The summed E-state index contributed by atoms with van der Waals surface area (Å²) in [6.07, 6.45) is 4.96. The van der Waals surface area contributed by atoms with Gasteiger partial charge in [0.15, 0.2) is 0 Å². The monoisotopic (exact) mass is 471 g/mol. The maximum atomic E-state index is 12.9. The number of aryl methyl sites for hydroxylation is 1. The van der Waals surface area contributed by atoms with E-state index in [4.69, 9.17) is 15.2 Å². The lowest BCUT2D eigenvalue weighted by atomic mass is 10.1. The third kappa shape index (κ3) is 4.69. The first-order chi connectivity index (χ1) is 14.5. The number of nitrogen functional groups attached to an aromatic ring is 1. The zero-order valence-corrected chi connectivity index (χ0v) is 18.0. The lowest BCUT2D eigenvalue weighted by Gasteiger charge is -2.20. The van der Waals surface area contributed by atoms with Crippen LogP contribution < -0.4 is 11.1 Å². The number of aromatic nitrogens is 3. The van der Waals surface area contributed by atoms with Crippen LogP contribution in [0.5, 0.6) is 0 Å². The van der Waals surface area contributed by atoms with Crippen molar-refractivity contribution in [3.05, 3.63) is 64.5 Å². The highest BCUT2D eigenvalue weighted by Gasteiger charge is 2.31. The van der Waals surface area contributed by atoms with E-state index in [9.17, 15) is 4.79 Å². The Kier molecular flexibility index (Phi) is 6.12. The van der Waals surface area contributed by atoms with Gasteiger partial charge in [0.2, 0.25) is 0 Å². The van der Waals surface area contributed by atoms with Crippen LogP contribution in [0.3, 0.4) is 0 Å². The predicted octanol–water partition coefficient (Wildman–Crippen LogP) is 2.54. The molecule has 0 aliphatic carbocycles. The van der Waals surface area contributed by atoms with Crippen LogP contribution in [0.15, 0.2) is 53.4 Å². The van der Waals surface area contributed by atoms with E-state index in [1.54, 1.807) is 23.1 Å². The highest BCUT2D eigenvalue weighted by molar-refractivity contribution is 9.10. The lowest BCUT2D eigenvalue weighted by molar-refractivity contribution is 0.0218. The highest BCUT2D eigenvalue weighted by atomic mass is 79.9. The van der Waals surface area contributed by atoms with Gasteiger partial charge < -0.3 is 20.5 Å². The van der Waals surface area contributed by atoms with Crippen molar-refractivity contribution in [2.75, 3.05) is 18.9 Å². The van der Waals surface area contributed by atoms with Crippen molar-refractivity contribution in [1.29, 1.82) is 0 Å². The third-order valence-corrected chi connectivity index (χ3v) is 5.45. The first-order valence-corrected chi connectivity index (χ1v) is 10.3. The largest absolute Gasteiger partial charge is 0.383 e. The number of carbonyl (C=O) groups is 1. The van der Waals surface area contributed by atoms with Crippen molar-refractivity contribution in [3.8, 4) is 11.1 Å². The van der Waals surface area contributed by atoms with Crippen molar-refractivity contribution in [2.45, 2.75) is 18.8 Å². The Bertz CT molecular complexity index is 1040. The van der Waals surface area contributed by atoms with Gasteiger partial charge in [-0.3, -0.25) is 9.48 Å². The fourth-order valence-electron chi connectivity index (χ4n) is 3.25. The number of rotatable bonds is 6. The fraction of sp³-hybridized carbons (Fsp3) is 0.286. The van der Waals surface area contributed by atoms with Crippen LogP contribution in [0.4, 0.5) is 5.82 Å². The summed E-state index contributed by atoms with van der Waals surface area (Å²) in [4.78, 5) is 17.1. The number of nitrogens with two attached hydrogens (primary N) is 1. The van der Waals surface area contributed by atoms with Crippen LogP contribution >= 0.6 is 15.9 Å². The van der Waals surface area contributed by atoms with Crippen LogP contribution in [0.2, 0.25) is 0 Å². The molecule has 30 heavy (non-hydrogen) atoms. The Morgan fingerprint density at radius 3 is 2.83 bits per heavy atom. The van der Waals surface area contributed by atoms with Crippen LogP contribution in [-0.2, 0) is 23.1 Å². The molecule has 1 aromatic carbocycles. The van der Waals surface area contributed by atoms with Crippen LogP contribution in [0, 0.1) is 0 Å². The molecule has 156 valence electrons. The number of benzene rings is 1. The number of nitrogens with zero attached hydrogens (tertiary/aromatic N) is 3.